The zero-order chi connectivity index (χ0) is 28.8. The molecule has 3 N–H and O–H groups in total. The van der Waals surface area contributed by atoms with E-state index in [0.717, 1.165) is 41.0 Å². The fourth-order valence-electron chi connectivity index (χ4n) is 5.62. The molecule has 0 unspecified atom stereocenters. The van der Waals surface area contributed by atoms with E-state index in [4.69, 9.17) is 5.10 Å². The van der Waals surface area contributed by atoms with Crippen LogP contribution in [0.3, 0.4) is 0 Å². The second-order valence-electron chi connectivity index (χ2n) is 10.5. The van der Waals surface area contributed by atoms with Crippen LogP contribution in [0.5, 0.6) is 0 Å². The third-order valence-corrected chi connectivity index (χ3v) is 7.58. The molecule has 210 valence electrons. The molecule has 3 atom stereocenters. The summed E-state index contributed by atoms with van der Waals surface area (Å²) in [5, 5.41) is 20.5. The first-order valence-corrected chi connectivity index (χ1v) is 13.9. The lowest BCUT2D eigenvalue weighted by atomic mass is 9.94. The quantitative estimate of drug-likeness (QED) is 0.162. The molecule has 0 spiro atoms. The Morgan fingerprint density at radius 1 is 1.00 bits per heavy atom. The summed E-state index contributed by atoms with van der Waals surface area (Å²) in [6.45, 7) is 7.52. The Bertz CT molecular complexity index is 1500. The van der Waals surface area contributed by atoms with E-state index >= 15 is 0 Å². The number of allylic oxidation sites excluding steroid dienone is 1. The molecule has 0 bridgehead atoms. The van der Waals surface area contributed by atoms with E-state index in [1.807, 2.05) is 81.7 Å². The number of hydrogen-bond acceptors (Lipinski definition) is 5. The van der Waals surface area contributed by atoms with Gasteiger partial charge in [0.1, 0.15) is 5.82 Å². The minimum absolute atomic E-state index is 0.0413. The van der Waals surface area contributed by atoms with Gasteiger partial charge in [-0.1, -0.05) is 66.7 Å². The number of nitrogens with zero attached hydrogens (tertiary/aromatic N) is 4. The predicted octanol–water partition coefficient (Wildman–Crippen LogP) is 6.64. The highest BCUT2D eigenvalue weighted by atomic mass is 16.2. The molecule has 1 heterocycles. The van der Waals surface area contributed by atoms with Gasteiger partial charge < -0.3 is 10.6 Å². The lowest BCUT2D eigenvalue weighted by Crippen LogP contribution is -2.40. The van der Waals surface area contributed by atoms with Gasteiger partial charge in [0.05, 0.1) is 11.4 Å². The van der Waals surface area contributed by atoms with Crippen LogP contribution in [0.2, 0.25) is 0 Å². The van der Waals surface area contributed by atoms with Crippen molar-refractivity contribution in [2.75, 3.05) is 17.7 Å². The molecule has 4 aromatic rings. The van der Waals surface area contributed by atoms with Crippen molar-refractivity contribution in [1.29, 1.82) is 0 Å². The monoisotopic (exact) mass is 547 g/mol. The van der Waals surface area contributed by atoms with E-state index in [9.17, 15) is 4.79 Å². The zero-order valence-electron chi connectivity index (χ0n) is 23.8. The Morgan fingerprint density at radius 2 is 1.63 bits per heavy atom. The standard InChI is InChI=1S/C33H37N7O/c1-23(22-39(4)34-3)31-24(2)32(40(38-31)28-18-12-7-13-19-28)37-33(41)36-30-21-27(35-26-16-10-6-11-17-26)20-29(30)25-14-8-5-9-15-25/h5-19,22,27,29-30,35H,3,20-21H2,1-2,4H3,(H2,36,37,41)/b23-22+/t27-,29-,30+/m0/s1. The van der Waals surface area contributed by atoms with Crippen molar-refractivity contribution in [1.82, 2.24) is 20.1 Å². The molecule has 41 heavy (non-hydrogen) atoms. The van der Waals surface area contributed by atoms with Gasteiger partial charge in [0.2, 0.25) is 0 Å². The van der Waals surface area contributed by atoms with Crippen molar-refractivity contribution in [3.05, 3.63) is 114 Å². The molecule has 5 rings (SSSR count). The molecule has 1 fully saturated rings. The number of hydrazone groups is 1. The Hall–Kier alpha value is -4.85. The van der Waals surface area contributed by atoms with E-state index in [1.165, 1.54) is 5.56 Å². The first kappa shape index (κ1) is 27.7. The number of urea groups is 1. The summed E-state index contributed by atoms with van der Waals surface area (Å²) in [5.41, 5.74) is 5.72. The van der Waals surface area contributed by atoms with Gasteiger partial charge in [-0.25, -0.2) is 9.48 Å². The van der Waals surface area contributed by atoms with Gasteiger partial charge in [-0.2, -0.15) is 10.2 Å². The smallest absolute Gasteiger partial charge is 0.320 e. The Kier molecular flexibility index (Phi) is 8.48. The van der Waals surface area contributed by atoms with Crippen LogP contribution in [0.1, 0.15) is 42.5 Å². The second-order valence-corrected chi connectivity index (χ2v) is 10.5. The predicted molar refractivity (Wildman–Crippen MR) is 167 cm³/mol. The summed E-state index contributed by atoms with van der Waals surface area (Å²) in [4.78, 5) is 13.6. The second kappa shape index (κ2) is 12.6. The topological polar surface area (TPSA) is 86.6 Å². The maximum absolute atomic E-state index is 13.6. The van der Waals surface area contributed by atoms with Gasteiger partial charge in [-0.3, -0.25) is 10.3 Å². The van der Waals surface area contributed by atoms with Crippen molar-refractivity contribution in [2.24, 2.45) is 5.10 Å². The van der Waals surface area contributed by atoms with E-state index in [2.05, 4.69) is 64.2 Å². The third kappa shape index (κ3) is 6.49. The number of hydrogen-bond donors (Lipinski definition) is 3. The molecule has 0 saturated heterocycles. The summed E-state index contributed by atoms with van der Waals surface area (Å²) < 4.78 is 1.78. The fraction of sp³-hybridized carbons (Fsp3) is 0.242. The number of amides is 2. The number of carbonyl (C=O) groups excluding carboxylic acids is 1. The van der Waals surface area contributed by atoms with Crippen LogP contribution in [-0.2, 0) is 0 Å². The molecular weight excluding hydrogens is 510 g/mol. The van der Waals surface area contributed by atoms with E-state index in [1.54, 1.807) is 9.69 Å². The SMILES string of the molecule is C=NN(C)/C=C(\C)c1nn(-c2ccccc2)c(NC(=O)N[C@@H]2C[C@@H](Nc3ccccc3)C[C@H]2c2ccccc2)c1C. The van der Waals surface area contributed by atoms with Crippen LogP contribution >= 0.6 is 0 Å². The minimum atomic E-state index is -0.255. The molecule has 1 aliphatic rings. The van der Waals surface area contributed by atoms with Crippen molar-refractivity contribution in [3.63, 3.8) is 0 Å². The van der Waals surface area contributed by atoms with Gasteiger partial charge >= 0.3 is 6.03 Å². The summed E-state index contributed by atoms with van der Waals surface area (Å²) in [6.07, 6.45) is 3.60. The van der Waals surface area contributed by atoms with Crippen LogP contribution in [-0.4, -0.2) is 46.7 Å². The zero-order valence-corrected chi connectivity index (χ0v) is 23.8. The first-order valence-electron chi connectivity index (χ1n) is 13.9. The van der Waals surface area contributed by atoms with Crippen LogP contribution in [0.4, 0.5) is 16.3 Å². The summed E-state index contributed by atoms with van der Waals surface area (Å²) in [5.74, 6) is 0.810. The fourth-order valence-corrected chi connectivity index (χ4v) is 5.62. The maximum Gasteiger partial charge on any atom is 0.320 e. The minimum Gasteiger partial charge on any atom is -0.382 e. The summed E-state index contributed by atoms with van der Waals surface area (Å²) in [7, 11) is 1.82. The number of nitrogens with one attached hydrogen (secondary N) is 3. The van der Waals surface area contributed by atoms with Gasteiger partial charge in [-0.05, 0) is 62.1 Å². The molecule has 8 nitrogen and oxygen atoms in total. The highest BCUT2D eigenvalue weighted by Gasteiger charge is 2.36. The lowest BCUT2D eigenvalue weighted by molar-refractivity contribution is 0.247. The summed E-state index contributed by atoms with van der Waals surface area (Å²) >= 11 is 0. The van der Waals surface area contributed by atoms with E-state index < -0.39 is 0 Å². The van der Waals surface area contributed by atoms with Crippen LogP contribution in [0.25, 0.3) is 11.3 Å². The molecule has 8 heteroatoms. The Morgan fingerprint density at radius 3 is 2.29 bits per heavy atom. The first-order chi connectivity index (χ1) is 19.9. The van der Waals surface area contributed by atoms with Crippen LogP contribution in [0, 0.1) is 6.92 Å². The normalized spacial score (nSPS) is 18.5. The molecule has 0 aliphatic heterocycles. The molecule has 1 saturated carbocycles. The largest absolute Gasteiger partial charge is 0.382 e. The highest BCUT2D eigenvalue weighted by molar-refractivity contribution is 5.90. The molecule has 0 radical (unpaired) electrons. The maximum atomic E-state index is 13.6. The number of rotatable bonds is 9. The molecular formula is C33H37N7O. The van der Waals surface area contributed by atoms with Gasteiger partial charge in [-0.15, -0.1) is 0 Å². The van der Waals surface area contributed by atoms with Crippen LogP contribution in [0.15, 0.2) is 102 Å². The molecule has 1 aromatic heterocycles. The van der Waals surface area contributed by atoms with E-state index in [-0.39, 0.29) is 24.0 Å². The van der Waals surface area contributed by atoms with Crippen molar-refractivity contribution in [2.45, 2.75) is 44.7 Å². The number of benzene rings is 3. The number of aromatic nitrogens is 2. The average molecular weight is 548 g/mol. The number of para-hydroxylation sites is 2. The van der Waals surface area contributed by atoms with E-state index in [0.29, 0.717) is 5.82 Å². The number of anilines is 2. The van der Waals surface area contributed by atoms with Crippen molar-refractivity contribution < 1.29 is 4.79 Å². The lowest BCUT2D eigenvalue weighted by Gasteiger charge is -2.21. The van der Waals surface area contributed by atoms with Gasteiger partial charge in [0, 0.05) is 49.2 Å². The average Bonchev–Trinajstić information content (AvgIpc) is 3.54. The Balaban J connectivity index is 1.40. The number of carbonyl (C=O) groups is 1. The van der Waals surface area contributed by atoms with Gasteiger partial charge in [0.15, 0.2) is 0 Å². The molecule has 3 aromatic carbocycles. The van der Waals surface area contributed by atoms with Crippen LogP contribution < -0.4 is 16.0 Å². The summed E-state index contributed by atoms with van der Waals surface area (Å²) in [6, 6.07) is 30.4. The molecule has 2 amide bonds. The Labute approximate surface area is 241 Å². The molecule has 1 aliphatic carbocycles. The third-order valence-electron chi connectivity index (χ3n) is 7.58. The van der Waals surface area contributed by atoms with Crippen molar-refractivity contribution in [3.8, 4) is 5.69 Å². The highest BCUT2D eigenvalue weighted by Crippen LogP contribution is 2.36. The van der Waals surface area contributed by atoms with Crippen molar-refractivity contribution >= 4 is 29.8 Å². The van der Waals surface area contributed by atoms with Gasteiger partial charge in [0.25, 0.3) is 0 Å².